The summed E-state index contributed by atoms with van der Waals surface area (Å²) in [6.45, 7) is 2.85. The number of carbonyl (C=O) groups is 3. The zero-order valence-electron chi connectivity index (χ0n) is 14.6. The summed E-state index contributed by atoms with van der Waals surface area (Å²) >= 11 is 0. The summed E-state index contributed by atoms with van der Waals surface area (Å²) < 4.78 is 15.3. The van der Waals surface area contributed by atoms with Crippen LogP contribution in [0.25, 0.3) is 6.08 Å². The van der Waals surface area contributed by atoms with Gasteiger partial charge in [0.2, 0.25) is 0 Å². The zero-order valence-corrected chi connectivity index (χ0v) is 14.6. The van der Waals surface area contributed by atoms with Gasteiger partial charge in [0.1, 0.15) is 11.3 Å². The van der Waals surface area contributed by atoms with E-state index in [1.54, 1.807) is 0 Å². The highest BCUT2D eigenvalue weighted by molar-refractivity contribution is 6.19. The first kappa shape index (κ1) is 19.9. The second-order valence-corrected chi connectivity index (χ2v) is 6.06. The molecule has 1 heterocycles. The number of ether oxygens (including phenoxy) is 3. The number of cyclic esters (lactones) is 2. The van der Waals surface area contributed by atoms with Gasteiger partial charge >= 0.3 is 17.9 Å². The number of aliphatic carboxylic acids is 1. The van der Waals surface area contributed by atoms with Gasteiger partial charge in [0.25, 0.3) is 11.5 Å². The van der Waals surface area contributed by atoms with Gasteiger partial charge in [0.15, 0.2) is 0 Å². The van der Waals surface area contributed by atoms with Crippen LogP contribution in [0, 0.1) is 10.1 Å². The molecule has 0 amide bonds. The number of carboxylic acid groups (broad SMARTS) is 1. The van der Waals surface area contributed by atoms with E-state index in [9.17, 15) is 24.5 Å². The van der Waals surface area contributed by atoms with E-state index in [1.807, 2.05) is 0 Å². The number of rotatable bonds is 7. The van der Waals surface area contributed by atoms with E-state index in [0.717, 1.165) is 12.1 Å². The molecular weight excluding hydrogens is 362 g/mol. The van der Waals surface area contributed by atoms with Gasteiger partial charge < -0.3 is 19.3 Å². The Morgan fingerprint density at radius 2 is 1.93 bits per heavy atom. The first-order valence-electron chi connectivity index (χ1n) is 7.90. The second-order valence-electron chi connectivity index (χ2n) is 6.06. The minimum atomic E-state index is -1.42. The Labute approximate surface area is 153 Å². The highest BCUT2D eigenvalue weighted by atomic mass is 16.7. The van der Waals surface area contributed by atoms with Crippen LogP contribution in [0.1, 0.15) is 32.3 Å². The van der Waals surface area contributed by atoms with Crippen molar-refractivity contribution < 1.29 is 38.6 Å². The smallest absolute Gasteiger partial charge is 0.348 e. The van der Waals surface area contributed by atoms with Crippen LogP contribution in [-0.4, -0.2) is 40.3 Å². The van der Waals surface area contributed by atoms with Crippen molar-refractivity contribution in [3.8, 4) is 5.75 Å². The highest BCUT2D eigenvalue weighted by Crippen LogP contribution is 2.29. The molecule has 1 aliphatic rings. The van der Waals surface area contributed by atoms with Crippen LogP contribution in [0.2, 0.25) is 0 Å². The molecule has 0 aliphatic carbocycles. The third kappa shape index (κ3) is 5.27. The Morgan fingerprint density at radius 3 is 2.48 bits per heavy atom. The molecule has 1 aliphatic heterocycles. The molecule has 144 valence electrons. The average molecular weight is 379 g/mol. The number of nitro groups is 1. The van der Waals surface area contributed by atoms with Gasteiger partial charge in [0, 0.05) is 26.3 Å². The summed E-state index contributed by atoms with van der Waals surface area (Å²) in [5.41, 5.74) is -0.898. The highest BCUT2D eigenvalue weighted by Gasteiger charge is 2.39. The summed E-state index contributed by atoms with van der Waals surface area (Å²) in [4.78, 5) is 45.1. The Bertz CT molecular complexity index is 804. The molecule has 10 nitrogen and oxygen atoms in total. The molecule has 0 radical (unpaired) electrons. The number of carboxylic acids is 1. The van der Waals surface area contributed by atoms with Crippen LogP contribution >= 0.6 is 0 Å². The van der Waals surface area contributed by atoms with E-state index in [1.165, 1.54) is 26.0 Å². The Balaban J connectivity index is 2.29. The topological polar surface area (TPSA) is 142 Å². The lowest BCUT2D eigenvalue weighted by Gasteiger charge is -2.29. The molecule has 10 heteroatoms. The molecule has 0 aromatic heterocycles. The Kier molecular flexibility index (Phi) is 5.78. The van der Waals surface area contributed by atoms with Gasteiger partial charge in [-0.1, -0.05) is 0 Å². The van der Waals surface area contributed by atoms with Crippen molar-refractivity contribution in [1.29, 1.82) is 0 Å². The third-order valence-corrected chi connectivity index (χ3v) is 3.42. The lowest BCUT2D eigenvalue weighted by molar-refractivity contribution is -0.385. The van der Waals surface area contributed by atoms with Gasteiger partial charge in [-0.2, -0.15) is 0 Å². The lowest BCUT2D eigenvalue weighted by Crippen LogP contribution is -2.41. The maximum atomic E-state index is 12.0. The summed E-state index contributed by atoms with van der Waals surface area (Å²) in [5.74, 6) is -4.09. The average Bonchev–Trinajstić information content (AvgIpc) is 2.54. The SMILES string of the molecule is CC1(C)OC(=O)C(=Cc2cc(OCCCC(=O)O)ccc2[N+](=O)[O-])C(=O)O1. The van der Waals surface area contributed by atoms with E-state index in [0.29, 0.717) is 0 Å². The molecule has 1 saturated heterocycles. The predicted octanol–water partition coefficient (Wildman–Crippen LogP) is 2.06. The molecule has 1 fully saturated rings. The van der Waals surface area contributed by atoms with E-state index in [4.69, 9.17) is 19.3 Å². The maximum Gasteiger partial charge on any atom is 0.348 e. The largest absolute Gasteiger partial charge is 0.494 e. The monoisotopic (exact) mass is 379 g/mol. The van der Waals surface area contributed by atoms with Crippen molar-refractivity contribution in [3.63, 3.8) is 0 Å². The molecule has 0 unspecified atom stereocenters. The summed E-state index contributed by atoms with van der Waals surface area (Å²) in [7, 11) is 0. The van der Waals surface area contributed by atoms with Crippen molar-refractivity contribution >= 4 is 29.7 Å². The molecule has 1 aromatic carbocycles. The number of hydrogen-bond donors (Lipinski definition) is 1. The Morgan fingerprint density at radius 1 is 1.30 bits per heavy atom. The molecule has 1 N–H and O–H groups in total. The number of benzene rings is 1. The van der Waals surface area contributed by atoms with Crippen LogP contribution < -0.4 is 4.74 Å². The van der Waals surface area contributed by atoms with E-state index in [-0.39, 0.29) is 36.4 Å². The molecule has 0 atom stereocenters. The molecule has 1 aromatic rings. The molecule has 27 heavy (non-hydrogen) atoms. The predicted molar refractivity (Wildman–Crippen MR) is 89.7 cm³/mol. The van der Waals surface area contributed by atoms with Crippen LogP contribution in [0.5, 0.6) is 5.75 Å². The van der Waals surface area contributed by atoms with Gasteiger partial charge in [-0.25, -0.2) is 9.59 Å². The minimum absolute atomic E-state index is 0.0562. The fourth-order valence-electron chi connectivity index (χ4n) is 2.25. The van der Waals surface area contributed by atoms with Gasteiger partial charge in [-0.3, -0.25) is 14.9 Å². The second kappa shape index (κ2) is 7.85. The molecule has 2 rings (SSSR count). The molecule has 0 bridgehead atoms. The lowest BCUT2D eigenvalue weighted by atomic mass is 10.1. The fourth-order valence-corrected chi connectivity index (χ4v) is 2.25. The summed E-state index contributed by atoms with van der Waals surface area (Å²) in [6, 6.07) is 3.76. The van der Waals surface area contributed by atoms with E-state index >= 15 is 0 Å². The van der Waals surface area contributed by atoms with Gasteiger partial charge in [-0.15, -0.1) is 0 Å². The van der Waals surface area contributed by atoms with Crippen LogP contribution in [0.4, 0.5) is 5.69 Å². The number of nitrogens with zero attached hydrogens (tertiary/aromatic N) is 1. The third-order valence-electron chi connectivity index (χ3n) is 3.42. The van der Waals surface area contributed by atoms with E-state index in [2.05, 4.69) is 0 Å². The number of hydrogen-bond acceptors (Lipinski definition) is 8. The maximum absolute atomic E-state index is 12.0. The molecule has 0 saturated carbocycles. The Hall–Kier alpha value is -3.43. The molecule has 0 spiro atoms. The summed E-state index contributed by atoms with van der Waals surface area (Å²) in [6.07, 6.45) is 1.16. The minimum Gasteiger partial charge on any atom is -0.494 e. The zero-order chi connectivity index (χ0) is 20.2. The van der Waals surface area contributed by atoms with Crippen LogP contribution in [0.15, 0.2) is 23.8 Å². The van der Waals surface area contributed by atoms with Crippen molar-refractivity contribution in [3.05, 3.63) is 39.4 Å². The van der Waals surface area contributed by atoms with Crippen molar-refractivity contribution in [2.75, 3.05) is 6.61 Å². The van der Waals surface area contributed by atoms with E-state index < -0.39 is 34.2 Å². The number of carbonyl (C=O) groups excluding carboxylic acids is 2. The molecular formula is C17H17NO9. The summed E-state index contributed by atoms with van der Waals surface area (Å²) in [5, 5.41) is 19.8. The van der Waals surface area contributed by atoms with Crippen molar-refractivity contribution in [2.45, 2.75) is 32.5 Å². The fraction of sp³-hybridized carbons (Fsp3) is 0.353. The standard InChI is InChI=1S/C17H17NO9/c1-17(2)26-15(21)12(16(22)27-17)9-10-8-11(5-6-13(10)18(23)24)25-7-3-4-14(19)20/h5-6,8-9H,3-4,7H2,1-2H3,(H,19,20). The van der Waals surface area contributed by atoms with Crippen LogP contribution in [-0.2, 0) is 23.9 Å². The van der Waals surface area contributed by atoms with Crippen LogP contribution in [0.3, 0.4) is 0 Å². The van der Waals surface area contributed by atoms with Gasteiger partial charge in [0.05, 0.1) is 17.1 Å². The first-order chi connectivity index (χ1) is 12.6. The normalized spacial score (nSPS) is 15.6. The number of nitro benzene ring substituents is 1. The van der Waals surface area contributed by atoms with Crippen molar-refractivity contribution in [1.82, 2.24) is 0 Å². The number of esters is 2. The van der Waals surface area contributed by atoms with Gasteiger partial charge in [-0.05, 0) is 24.6 Å². The quantitative estimate of drug-likeness (QED) is 0.188. The first-order valence-corrected chi connectivity index (χ1v) is 7.90. The van der Waals surface area contributed by atoms with Crippen molar-refractivity contribution in [2.24, 2.45) is 0 Å².